The van der Waals surface area contributed by atoms with E-state index in [-0.39, 0.29) is 5.41 Å². The van der Waals surface area contributed by atoms with Crippen LogP contribution in [0.25, 0.3) is 11.1 Å². The third-order valence-electron chi connectivity index (χ3n) is 9.68. The number of hydrogen-bond donors (Lipinski definition) is 0. The second-order valence-corrected chi connectivity index (χ2v) is 12.4. The molecule has 192 valence electrons. The summed E-state index contributed by atoms with van der Waals surface area (Å²) >= 11 is 0. The lowest BCUT2D eigenvalue weighted by Crippen LogP contribution is -2.21. The van der Waals surface area contributed by atoms with E-state index in [9.17, 15) is 0 Å². The summed E-state index contributed by atoms with van der Waals surface area (Å²) in [5, 5.41) is 0. The van der Waals surface area contributed by atoms with Gasteiger partial charge in [-0.25, -0.2) is 0 Å². The molecule has 0 amide bonds. The Labute approximate surface area is 228 Å². The van der Waals surface area contributed by atoms with Gasteiger partial charge >= 0.3 is 0 Å². The van der Waals surface area contributed by atoms with Crippen molar-refractivity contribution in [3.8, 4) is 11.1 Å². The van der Waals surface area contributed by atoms with Gasteiger partial charge in [-0.2, -0.15) is 0 Å². The fourth-order valence-electron chi connectivity index (χ4n) is 7.68. The molecule has 0 unspecified atom stereocenters. The number of benzene rings is 4. The summed E-state index contributed by atoms with van der Waals surface area (Å²) in [4.78, 5) is 2.69. The third kappa shape index (κ3) is 3.51. The highest BCUT2D eigenvalue weighted by Gasteiger charge is 2.36. The highest BCUT2D eigenvalue weighted by molar-refractivity contribution is 5.89. The molecule has 0 aliphatic heterocycles. The Balaban J connectivity index is 1.51. The topological polar surface area (TPSA) is 3.24 Å². The second-order valence-electron chi connectivity index (χ2n) is 12.4. The smallest absolute Gasteiger partial charge is 0.0525 e. The molecule has 0 saturated carbocycles. The first kappa shape index (κ1) is 23.8. The lowest BCUT2D eigenvalue weighted by molar-refractivity contribution is 0.660. The molecule has 1 heteroatoms. The Morgan fingerprint density at radius 2 is 1.13 bits per heavy atom. The van der Waals surface area contributed by atoms with Crippen molar-refractivity contribution in [2.45, 2.75) is 84.5 Å². The van der Waals surface area contributed by atoms with Crippen molar-refractivity contribution < 1.29 is 0 Å². The van der Waals surface area contributed by atoms with Gasteiger partial charge in [-0.1, -0.05) is 68.4 Å². The number of rotatable bonds is 3. The molecule has 3 aliphatic rings. The largest absolute Gasteiger partial charge is 0.309 e. The maximum Gasteiger partial charge on any atom is 0.0525 e. The molecule has 0 aromatic heterocycles. The molecule has 7 rings (SSSR count). The van der Waals surface area contributed by atoms with Crippen LogP contribution < -0.4 is 4.90 Å². The molecule has 0 bridgehead atoms. The number of aryl methyl sites for hydroxylation is 4. The monoisotopic (exact) mass is 497 g/mol. The Kier molecular flexibility index (Phi) is 5.55. The number of nitrogens with zero attached hydrogens (tertiary/aromatic N) is 1. The quantitative estimate of drug-likeness (QED) is 0.272. The number of hydrogen-bond acceptors (Lipinski definition) is 1. The van der Waals surface area contributed by atoms with Crippen LogP contribution in [-0.2, 0) is 31.1 Å². The van der Waals surface area contributed by atoms with E-state index in [0.29, 0.717) is 0 Å². The second kappa shape index (κ2) is 8.87. The van der Waals surface area contributed by atoms with Crippen molar-refractivity contribution in [3.63, 3.8) is 0 Å². The van der Waals surface area contributed by atoms with E-state index in [4.69, 9.17) is 0 Å². The van der Waals surface area contributed by atoms with Crippen LogP contribution in [0.1, 0.15) is 84.0 Å². The number of fused-ring (bicyclic) bond motifs is 5. The first-order chi connectivity index (χ1) is 18.4. The zero-order valence-electron chi connectivity index (χ0n) is 23.5. The Hall–Kier alpha value is -3.32. The van der Waals surface area contributed by atoms with Crippen LogP contribution in [-0.4, -0.2) is 0 Å². The maximum absolute atomic E-state index is 2.69. The Bertz CT molecular complexity index is 1500. The molecule has 0 fully saturated rings. The molecule has 0 radical (unpaired) electrons. The lowest BCUT2D eigenvalue weighted by Gasteiger charge is -2.36. The average Bonchev–Trinajstić information content (AvgIpc) is 3.17. The molecule has 38 heavy (non-hydrogen) atoms. The summed E-state index contributed by atoms with van der Waals surface area (Å²) in [7, 11) is 0. The minimum absolute atomic E-state index is 0.00999. The first-order valence-electron chi connectivity index (χ1n) is 14.7. The molecular formula is C37H39N. The molecule has 0 N–H and O–H groups in total. The highest BCUT2D eigenvalue weighted by atomic mass is 15.2. The van der Waals surface area contributed by atoms with Crippen molar-refractivity contribution >= 4 is 17.1 Å². The van der Waals surface area contributed by atoms with E-state index < -0.39 is 0 Å². The predicted molar refractivity (Wildman–Crippen MR) is 161 cm³/mol. The van der Waals surface area contributed by atoms with Gasteiger partial charge in [-0.05, 0) is 133 Å². The van der Waals surface area contributed by atoms with Crippen molar-refractivity contribution in [1.29, 1.82) is 0 Å². The van der Waals surface area contributed by atoms with Crippen molar-refractivity contribution in [2.75, 3.05) is 4.90 Å². The first-order valence-corrected chi connectivity index (χ1v) is 14.7. The summed E-state index contributed by atoms with van der Waals surface area (Å²) in [6.45, 7) is 9.46. The summed E-state index contributed by atoms with van der Waals surface area (Å²) < 4.78 is 0. The van der Waals surface area contributed by atoms with Gasteiger partial charge in [0.05, 0.1) is 11.4 Å². The van der Waals surface area contributed by atoms with E-state index >= 15 is 0 Å². The molecule has 4 aromatic carbocycles. The molecule has 0 heterocycles. The minimum atomic E-state index is -0.00999. The summed E-state index contributed by atoms with van der Waals surface area (Å²) in [6, 6.07) is 25.9. The molecule has 0 atom stereocenters. The molecule has 3 aliphatic carbocycles. The van der Waals surface area contributed by atoms with Crippen LogP contribution in [0.3, 0.4) is 0 Å². The van der Waals surface area contributed by atoms with Gasteiger partial charge < -0.3 is 4.90 Å². The Morgan fingerprint density at radius 3 is 1.76 bits per heavy atom. The summed E-state index contributed by atoms with van der Waals surface area (Å²) in [6.07, 6.45) is 9.95. The standard InChI is InChI=1S/C37H39N/c1-24-17-19-26-11-5-7-13-29(26)35(24)38(36-25(2)18-20-27-12-6-8-14-30(27)36)28-21-22-32-31-15-9-10-16-33(31)37(3,4)34(32)23-28/h9-10,15-23H,5-8,11-14H2,1-4H3. The maximum atomic E-state index is 2.69. The predicted octanol–water partition coefficient (Wildman–Crippen LogP) is 9.84. The summed E-state index contributed by atoms with van der Waals surface area (Å²) in [5.41, 5.74) is 18.9. The van der Waals surface area contributed by atoms with Gasteiger partial charge in [0.25, 0.3) is 0 Å². The zero-order valence-corrected chi connectivity index (χ0v) is 23.5. The lowest BCUT2D eigenvalue weighted by atomic mass is 9.82. The SMILES string of the molecule is Cc1ccc2c(c1N(c1ccc3c(c1)C(C)(C)c1ccccc1-3)c1c(C)ccc3c1CCCC3)CCCC2. The van der Waals surface area contributed by atoms with Crippen LogP contribution in [0.2, 0.25) is 0 Å². The van der Waals surface area contributed by atoms with E-state index in [1.54, 1.807) is 22.3 Å². The van der Waals surface area contributed by atoms with E-state index in [1.165, 1.54) is 102 Å². The molecular weight excluding hydrogens is 458 g/mol. The van der Waals surface area contributed by atoms with Gasteiger partial charge in [-0.3, -0.25) is 0 Å². The van der Waals surface area contributed by atoms with Crippen molar-refractivity contribution in [2.24, 2.45) is 0 Å². The van der Waals surface area contributed by atoms with E-state index in [2.05, 4.69) is 99.3 Å². The van der Waals surface area contributed by atoms with Crippen LogP contribution in [0.4, 0.5) is 17.1 Å². The molecule has 1 nitrogen and oxygen atoms in total. The van der Waals surface area contributed by atoms with E-state index in [0.717, 1.165) is 0 Å². The fourth-order valence-corrected chi connectivity index (χ4v) is 7.68. The van der Waals surface area contributed by atoms with E-state index in [1.807, 2.05) is 0 Å². The van der Waals surface area contributed by atoms with Crippen LogP contribution in [0.5, 0.6) is 0 Å². The Morgan fingerprint density at radius 1 is 0.579 bits per heavy atom. The summed E-state index contributed by atoms with van der Waals surface area (Å²) in [5.74, 6) is 0. The third-order valence-corrected chi connectivity index (χ3v) is 9.68. The van der Waals surface area contributed by atoms with Crippen LogP contribution >= 0.6 is 0 Å². The minimum Gasteiger partial charge on any atom is -0.309 e. The zero-order chi connectivity index (χ0) is 26.0. The normalized spacial score (nSPS) is 16.8. The van der Waals surface area contributed by atoms with Crippen LogP contribution in [0.15, 0.2) is 66.7 Å². The van der Waals surface area contributed by atoms with Gasteiger partial charge in [0, 0.05) is 11.1 Å². The molecule has 0 saturated heterocycles. The fraction of sp³-hybridized carbons (Fsp3) is 0.351. The average molecular weight is 498 g/mol. The van der Waals surface area contributed by atoms with Crippen LogP contribution in [0, 0.1) is 13.8 Å². The highest BCUT2D eigenvalue weighted by Crippen LogP contribution is 2.52. The van der Waals surface area contributed by atoms with Gasteiger partial charge in [0.1, 0.15) is 0 Å². The molecule has 4 aromatic rings. The van der Waals surface area contributed by atoms with Crippen molar-refractivity contribution in [1.82, 2.24) is 0 Å². The van der Waals surface area contributed by atoms with Gasteiger partial charge in [-0.15, -0.1) is 0 Å². The van der Waals surface area contributed by atoms with Gasteiger partial charge in [0.15, 0.2) is 0 Å². The molecule has 0 spiro atoms. The van der Waals surface area contributed by atoms with Crippen molar-refractivity contribution in [3.05, 3.63) is 111 Å². The number of anilines is 3. The van der Waals surface area contributed by atoms with Gasteiger partial charge in [0.2, 0.25) is 0 Å².